The lowest BCUT2D eigenvalue weighted by molar-refractivity contribution is 0.0383. The van der Waals surface area contributed by atoms with Crippen molar-refractivity contribution < 1.29 is 18.3 Å². The van der Waals surface area contributed by atoms with Crippen molar-refractivity contribution in [2.45, 2.75) is 31.9 Å². The summed E-state index contributed by atoms with van der Waals surface area (Å²) in [6.07, 6.45) is 5.23. The van der Waals surface area contributed by atoms with E-state index in [1.54, 1.807) is 25.4 Å². The molecule has 8 nitrogen and oxygen atoms in total. The highest BCUT2D eigenvalue weighted by Gasteiger charge is 2.33. The second kappa shape index (κ2) is 10.1. The Morgan fingerprint density at radius 1 is 0.973 bits per heavy atom. The summed E-state index contributed by atoms with van der Waals surface area (Å²) < 4.78 is 38.9. The van der Waals surface area contributed by atoms with Crippen molar-refractivity contribution in [1.82, 2.24) is 19.9 Å². The van der Waals surface area contributed by atoms with Crippen molar-refractivity contribution in [3.05, 3.63) is 66.0 Å². The lowest BCUT2D eigenvalue weighted by Gasteiger charge is -2.39. The van der Waals surface area contributed by atoms with E-state index in [-0.39, 0.29) is 6.10 Å². The quantitative estimate of drug-likeness (QED) is 0.321. The van der Waals surface area contributed by atoms with Gasteiger partial charge in [0.25, 0.3) is 0 Å². The number of aryl methyl sites for hydroxylation is 1. The van der Waals surface area contributed by atoms with Gasteiger partial charge in [-0.2, -0.15) is 4.98 Å². The number of nitrogens with zero attached hydrogens (tertiary/aromatic N) is 4. The van der Waals surface area contributed by atoms with E-state index in [2.05, 4.69) is 44.6 Å². The minimum absolute atomic E-state index is 0.140. The molecule has 0 radical (unpaired) electrons. The zero-order chi connectivity index (χ0) is 26.1. The lowest BCUT2D eigenvalue weighted by Crippen LogP contribution is -2.46. The molecule has 0 saturated heterocycles. The van der Waals surface area contributed by atoms with Gasteiger partial charge in [0.1, 0.15) is 11.9 Å². The van der Waals surface area contributed by atoms with Crippen LogP contribution in [0.4, 0.5) is 31.9 Å². The minimum atomic E-state index is -0.931. The van der Waals surface area contributed by atoms with Gasteiger partial charge in [0.2, 0.25) is 5.95 Å². The smallest absolute Gasteiger partial charge is 0.229 e. The summed E-state index contributed by atoms with van der Waals surface area (Å²) in [7, 11) is 5.79. The number of halogens is 2. The standard InChI is InChI=1S/C27H28F2N6O2/c1-15-7-24(36-4)25(37-19-10-18(11-19)35(2)3)13-22(15)33-27-30-6-5-26(34-27)32-17-8-16-9-20(28)21(29)12-23(16)31-14-17/h5-9,12-14,18-19H,10-11H2,1-4H3,(H2,30,32,33,34). The van der Waals surface area contributed by atoms with E-state index in [1.165, 1.54) is 6.20 Å². The Kier molecular flexibility index (Phi) is 6.75. The highest BCUT2D eigenvalue weighted by Crippen LogP contribution is 2.38. The van der Waals surface area contributed by atoms with Crippen LogP contribution in [-0.4, -0.2) is 53.2 Å². The summed E-state index contributed by atoms with van der Waals surface area (Å²) in [4.78, 5) is 15.3. The molecule has 2 aromatic heterocycles. The van der Waals surface area contributed by atoms with E-state index in [1.807, 2.05) is 19.1 Å². The molecule has 5 rings (SSSR count). The Morgan fingerprint density at radius 2 is 1.76 bits per heavy atom. The Labute approximate surface area is 213 Å². The minimum Gasteiger partial charge on any atom is -0.493 e. The van der Waals surface area contributed by atoms with Gasteiger partial charge < -0.3 is 25.0 Å². The fourth-order valence-corrected chi connectivity index (χ4v) is 4.23. The van der Waals surface area contributed by atoms with Gasteiger partial charge in [-0.25, -0.2) is 13.8 Å². The zero-order valence-corrected chi connectivity index (χ0v) is 21.0. The number of fused-ring (bicyclic) bond motifs is 1. The maximum Gasteiger partial charge on any atom is 0.229 e. The molecular weight excluding hydrogens is 478 g/mol. The number of anilines is 4. The second-order valence-corrected chi connectivity index (χ2v) is 9.35. The van der Waals surface area contributed by atoms with Crippen LogP contribution in [0, 0.1) is 18.6 Å². The zero-order valence-electron chi connectivity index (χ0n) is 21.0. The Hall–Kier alpha value is -4.05. The summed E-state index contributed by atoms with van der Waals surface area (Å²) >= 11 is 0. The summed E-state index contributed by atoms with van der Waals surface area (Å²) in [6, 6.07) is 9.92. The molecule has 1 aliphatic rings. The summed E-state index contributed by atoms with van der Waals surface area (Å²) in [5, 5.41) is 6.87. The molecule has 0 aliphatic heterocycles. The van der Waals surface area contributed by atoms with E-state index >= 15 is 0 Å². The van der Waals surface area contributed by atoms with Crippen molar-refractivity contribution in [3.8, 4) is 11.5 Å². The van der Waals surface area contributed by atoms with Gasteiger partial charge >= 0.3 is 0 Å². The van der Waals surface area contributed by atoms with Crippen LogP contribution in [0.1, 0.15) is 18.4 Å². The number of ether oxygens (including phenoxy) is 2. The highest BCUT2D eigenvalue weighted by molar-refractivity contribution is 5.82. The Balaban J connectivity index is 1.33. The van der Waals surface area contributed by atoms with Gasteiger partial charge in [-0.3, -0.25) is 4.98 Å². The molecule has 4 aromatic rings. The molecule has 192 valence electrons. The number of rotatable bonds is 8. The average molecular weight is 507 g/mol. The van der Waals surface area contributed by atoms with Crippen molar-refractivity contribution in [3.63, 3.8) is 0 Å². The monoisotopic (exact) mass is 506 g/mol. The first kappa shape index (κ1) is 24.6. The predicted molar refractivity (Wildman–Crippen MR) is 139 cm³/mol. The van der Waals surface area contributed by atoms with Crippen LogP contribution in [0.2, 0.25) is 0 Å². The molecule has 1 fully saturated rings. The Bertz CT molecular complexity index is 1440. The molecule has 37 heavy (non-hydrogen) atoms. The van der Waals surface area contributed by atoms with E-state index < -0.39 is 11.6 Å². The number of nitrogens with one attached hydrogen (secondary N) is 2. The molecule has 0 amide bonds. The third-order valence-corrected chi connectivity index (χ3v) is 6.50. The van der Waals surface area contributed by atoms with Crippen molar-refractivity contribution in [2.75, 3.05) is 31.8 Å². The van der Waals surface area contributed by atoms with Crippen LogP contribution in [0.3, 0.4) is 0 Å². The first-order valence-electron chi connectivity index (χ1n) is 11.9. The summed E-state index contributed by atoms with van der Waals surface area (Å²) in [5.41, 5.74) is 2.68. The molecule has 1 saturated carbocycles. The average Bonchev–Trinajstić information content (AvgIpc) is 2.83. The lowest BCUT2D eigenvalue weighted by atomic mass is 9.88. The van der Waals surface area contributed by atoms with Crippen LogP contribution in [0.5, 0.6) is 11.5 Å². The van der Waals surface area contributed by atoms with Gasteiger partial charge in [0, 0.05) is 35.4 Å². The van der Waals surface area contributed by atoms with E-state index in [9.17, 15) is 8.78 Å². The van der Waals surface area contributed by atoms with Gasteiger partial charge in [-0.15, -0.1) is 0 Å². The van der Waals surface area contributed by atoms with Crippen LogP contribution in [0.15, 0.2) is 48.8 Å². The van der Waals surface area contributed by atoms with Crippen LogP contribution in [-0.2, 0) is 0 Å². The number of hydrogen-bond acceptors (Lipinski definition) is 8. The Morgan fingerprint density at radius 3 is 2.51 bits per heavy atom. The predicted octanol–water partition coefficient (Wildman–Crippen LogP) is 5.58. The van der Waals surface area contributed by atoms with Crippen molar-refractivity contribution in [2.24, 2.45) is 0 Å². The molecule has 0 unspecified atom stereocenters. The van der Waals surface area contributed by atoms with Crippen LogP contribution < -0.4 is 20.1 Å². The highest BCUT2D eigenvalue weighted by atomic mass is 19.2. The third kappa shape index (κ3) is 5.39. The van der Waals surface area contributed by atoms with Gasteiger partial charge in [0.05, 0.1) is 24.5 Å². The second-order valence-electron chi connectivity index (χ2n) is 9.35. The fourth-order valence-electron chi connectivity index (χ4n) is 4.23. The largest absolute Gasteiger partial charge is 0.493 e. The molecule has 0 bridgehead atoms. The van der Waals surface area contributed by atoms with Gasteiger partial charge in [-0.1, -0.05) is 0 Å². The maximum atomic E-state index is 13.6. The van der Waals surface area contributed by atoms with E-state index in [0.29, 0.717) is 45.9 Å². The van der Waals surface area contributed by atoms with Gasteiger partial charge in [-0.05, 0) is 63.7 Å². The first-order valence-corrected chi connectivity index (χ1v) is 11.9. The molecule has 1 aliphatic carbocycles. The van der Waals surface area contributed by atoms with Crippen molar-refractivity contribution in [1.29, 1.82) is 0 Å². The van der Waals surface area contributed by atoms with E-state index in [4.69, 9.17) is 9.47 Å². The van der Waals surface area contributed by atoms with Crippen LogP contribution in [0.25, 0.3) is 10.9 Å². The maximum absolute atomic E-state index is 13.6. The first-order chi connectivity index (χ1) is 17.8. The fraction of sp³-hybridized carbons (Fsp3) is 0.296. The van der Waals surface area contributed by atoms with E-state index in [0.717, 1.165) is 36.2 Å². The number of hydrogen-bond donors (Lipinski definition) is 2. The number of benzene rings is 2. The summed E-state index contributed by atoms with van der Waals surface area (Å²) in [5.74, 6) is 0.370. The molecule has 2 aromatic carbocycles. The molecule has 0 spiro atoms. The number of methoxy groups -OCH3 is 1. The molecule has 2 heterocycles. The summed E-state index contributed by atoms with van der Waals surface area (Å²) in [6.45, 7) is 1.96. The van der Waals surface area contributed by atoms with Crippen LogP contribution >= 0.6 is 0 Å². The normalized spacial score (nSPS) is 16.9. The third-order valence-electron chi connectivity index (χ3n) is 6.50. The molecular formula is C27H28F2N6O2. The SMILES string of the molecule is COc1cc(C)c(Nc2nccc(Nc3cnc4cc(F)c(F)cc4c3)n2)cc1OC1CC(N(C)C)C1. The number of aromatic nitrogens is 3. The molecule has 10 heteroatoms. The molecule has 2 N–H and O–H groups in total. The van der Waals surface area contributed by atoms with Gasteiger partial charge in [0.15, 0.2) is 23.1 Å². The number of pyridine rings is 1. The topological polar surface area (TPSA) is 84.4 Å². The molecule has 0 atom stereocenters. The van der Waals surface area contributed by atoms with Crippen molar-refractivity contribution >= 4 is 34.0 Å².